The lowest BCUT2D eigenvalue weighted by molar-refractivity contribution is 0.00859. The van der Waals surface area contributed by atoms with Crippen LogP contribution < -0.4 is 4.72 Å². The van der Waals surface area contributed by atoms with Gasteiger partial charge in [-0.3, -0.25) is 9.52 Å². The SMILES string of the molecule is Cc1cc(NS(=O)(=O)c2cccc(C(=O)N3CCCC3C3CC(C)CCC3O)c2)no1. The summed E-state index contributed by atoms with van der Waals surface area (Å²) in [5, 5.41) is 14.2. The van der Waals surface area contributed by atoms with Gasteiger partial charge in [-0.25, -0.2) is 8.42 Å². The number of likely N-dealkylation sites (tertiary alicyclic amines) is 1. The minimum absolute atomic E-state index is 0.0123. The van der Waals surface area contributed by atoms with Gasteiger partial charge in [0.25, 0.3) is 15.9 Å². The molecule has 2 aliphatic rings. The maximum Gasteiger partial charge on any atom is 0.263 e. The van der Waals surface area contributed by atoms with E-state index in [0.29, 0.717) is 23.8 Å². The first-order chi connectivity index (χ1) is 14.7. The number of sulfonamides is 1. The molecule has 2 aromatic rings. The van der Waals surface area contributed by atoms with Crippen molar-refractivity contribution in [3.05, 3.63) is 41.7 Å². The topological polar surface area (TPSA) is 113 Å². The van der Waals surface area contributed by atoms with Gasteiger partial charge in [0.1, 0.15) is 5.76 Å². The molecule has 1 saturated heterocycles. The number of carbonyl (C=O) groups excluding carboxylic acids is 1. The highest BCUT2D eigenvalue weighted by atomic mass is 32.2. The van der Waals surface area contributed by atoms with E-state index in [4.69, 9.17) is 4.52 Å². The molecule has 4 rings (SSSR count). The van der Waals surface area contributed by atoms with Crippen molar-refractivity contribution in [2.75, 3.05) is 11.3 Å². The van der Waals surface area contributed by atoms with Crippen LogP contribution in [0.15, 0.2) is 39.8 Å². The van der Waals surface area contributed by atoms with Crippen LogP contribution >= 0.6 is 0 Å². The predicted molar refractivity (Wildman–Crippen MR) is 115 cm³/mol. The molecule has 1 aliphatic carbocycles. The van der Waals surface area contributed by atoms with Gasteiger partial charge < -0.3 is 14.5 Å². The number of rotatable bonds is 5. The molecule has 0 radical (unpaired) electrons. The van der Waals surface area contributed by atoms with Gasteiger partial charge in [0.2, 0.25) is 0 Å². The van der Waals surface area contributed by atoms with Crippen LogP contribution in [-0.4, -0.2) is 48.2 Å². The fourth-order valence-electron chi connectivity index (χ4n) is 4.89. The molecule has 1 amide bonds. The molecule has 0 bridgehead atoms. The van der Waals surface area contributed by atoms with Gasteiger partial charge in [0.15, 0.2) is 5.82 Å². The smallest absolute Gasteiger partial charge is 0.263 e. The van der Waals surface area contributed by atoms with Gasteiger partial charge in [-0.1, -0.05) is 18.1 Å². The van der Waals surface area contributed by atoms with Gasteiger partial charge in [0.05, 0.1) is 11.0 Å². The van der Waals surface area contributed by atoms with E-state index < -0.39 is 16.1 Å². The number of carbonyl (C=O) groups is 1. The molecular weight excluding hydrogens is 418 g/mol. The number of aromatic nitrogens is 1. The molecule has 8 nitrogen and oxygen atoms in total. The van der Waals surface area contributed by atoms with Crippen LogP contribution in [0, 0.1) is 18.8 Å². The lowest BCUT2D eigenvalue weighted by Gasteiger charge is -2.39. The fraction of sp³-hybridized carbons (Fsp3) is 0.545. The molecule has 1 aromatic carbocycles. The number of hydrogen-bond donors (Lipinski definition) is 2. The van der Waals surface area contributed by atoms with Crippen LogP contribution in [-0.2, 0) is 10.0 Å². The number of aliphatic hydroxyl groups is 1. The van der Waals surface area contributed by atoms with E-state index in [-0.39, 0.29) is 28.6 Å². The van der Waals surface area contributed by atoms with Crippen molar-refractivity contribution in [3.8, 4) is 0 Å². The van der Waals surface area contributed by atoms with Crippen molar-refractivity contribution >= 4 is 21.7 Å². The highest BCUT2D eigenvalue weighted by Crippen LogP contribution is 2.37. The molecule has 1 aliphatic heterocycles. The maximum atomic E-state index is 13.3. The number of benzene rings is 1. The van der Waals surface area contributed by atoms with E-state index in [1.807, 2.05) is 4.90 Å². The van der Waals surface area contributed by atoms with Crippen LogP contribution in [0.4, 0.5) is 5.82 Å². The monoisotopic (exact) mass is 447 g/mol. The van der Waals surface area contributed by atoms with Gasteiger partial charge in [-0.05, 0) is 63.1 Å². The third-order valence-corrected chi connectivity index (χ3v) is 7.79. The molecule has 1 saturated carbocycles. The third kappa shape index (κ3) is 4.62. The summed E-state index contributed by atoms with van der Waals surface area (Å²) in [7, 11) is -3.91. The Morgan fingerprint density at radius 2 is 2.06 bits per heavy atom. The summed E-state index contributed by atoms with van der Waals surface area (Å²) >= 11 is 0. The Morgan fingerprint density at radius 3 is 2.81 bits per heavy atom. The average Bonchev–Trinajstić information content (AvgIpc) is 3.38. The van der Waals surface area contributed by atoms with E-state index in [2.05, 4.69) is 16.8 Å². The Balaban J connectivity index is 1.55. The zero-order valence-corrected chi connectivity index (χ0v) is 18.6. The third-order valence-electron chi connectivity index (χ3n) is 6.44. The van der Waals surface area contributed by atoms with Crippen molar-refractivity contribution < 1.29 is 22.8 Å². The molecule has 0 spiro atoms. The average molecular weight is 448 g/mol. The largest absolute Gasteiger partial charge is 0.393 e. The van der Waals surface area contributed by atoms with Crippen LogP contribution in [0.25, 0.3) is 0 Å². The number of anilines is 1. The Kier molecular flexibility index (Phi) is 6.07. The Labute approximate surface area is 182 Å². The predicted octanol–water partition coefficient (Wildman–Crippen LogP) is 3.19. The molecular formula is C22H29N3O5S. The zero-order chi connectivity index (χ0) is 22.2. The molecule has 2 fully saturated rings. The van der Waals surface area contributed by atoms with Crippen molar-refractivity contribution in [1.29, 1.82) is 0 Å². The standard InChI is InChI=1S/C22H29N3O5S/c1-14-8-9-20(26)18(11-14)19-7-4-10-25(19)22(27)16-5-3-6-17(13-16)31(28,29)24-21-12-15(2)30-23-21/h3,5-6,12-14,18-20,26H,4,7-11H2,1-2H3,(H,23,24). The molecule has 2 N–H and O–H groups in total. The van der Waals surface area contributed by atoms with Crippen LogP contribution in [0.3, 0.4) is 0 Å². The highest BCUT2D eigenvalue weighted by Gasteiger charge is 2.40. The lowest BCUT2D eigenvalue weighted by atomic mass is 9.76. The lowest BCUT2D eigenvalue weighted by Crippen LogP contribution is -2.46. The zero-order valence-electron chi connectivity index (χ0n) is 17.8. The quantitative estimate of drug-likeness (QED) is 0.728. The van der Waals surface area contributed by atoms with Crippen molar-refractivity contribution in [2.45, 2.75) is 63.0 Å². The first-order valence-electron chi connectivity index (χ1n) is 10.8. The molecule has 168 valence electrons. The van der Waals surface area contributed by atoms with E-state index in [1.165, 1.54) is 18.2 Å². The van der Waals surface area contributed by atoms with E-state index >= 15 is 0 Å². The summed E-state index contributed by atoms with van der Waals surface area (Å²) in [4.78, 5) is 15.1. The summed E-state index contributed by atoms with van der Waals surface area (Å²) in [6.45, 7) is 4.48. The maximum absolute atomic E-state index is 13.3. The molecule has 4 unspecified atom stereocenters. The fourth-order valence-corrected chi connectivity index (χ4v) is 5.91. The van der Waals surface area contributed by atoms with E-state index in [1.54, 1.807) is 19.1 Å². The first kappa shape index (κ1) is 21.8. The molecule has 9 heteroatoms. The van der Waals surface area contributed by atoms with Gasteiger partial charge in [0, 0.05) is 30.1 Å². The second-order valence-corrected chi connectivity index (χ2v) is 10.5. The van der Waals surface area contributed by atoms with Crippen molar-refractivity contribution in [2.24, 2.45) is 11.8 Å². The first-order valence-corrected chi connectivity index (χ1v) is 12.3. The number of aliphatic hydroxyl groups excluding tert-OH is 1. The summed E-state index contributed by atoms with van der Waals surface area (Å²) < 4.78 is 32.8. The number of hydrogen-bond acceptors (Lipinski definition) is 6. The van der Waals surface area contributed by atoms with Gasteiger partial charge in [-0.2, -0.15) is 0 Å². The highest BCUT2D eigenvalue weighted by molar-refractivity contribution is 7.92. The summed E-state index contributed by atoms with van der Waals surface area (Å²) in [6.07, 6.45) is 4.05. The van der Waals surface area contributed by atoms with Crippen molar-refractivity contribution in [3.63, 3.8) is 0 Å². The molecule has 4 atom stereocenters. The Morgan fingerprint density at radius 1 is 1.26 bits per heavy atom. The van der Waals surface area contributed by atoms with Gasteiger partial charge in [-0.15, -0.1) is 0 Å². The minimum Gasteiger partial charge on any atom is -0.393 e. The number of amides is 1. The minimum atomic E-state index is -3.91. The summed E-state index contributed by atoms with van der Waals surface area (Å²) in [5.74, 6) is 0.988. The van der Waals surface area contributed by atoms with Crippen molar-refractivity contribution in [1.82, 2.24) is 10.1 Å². The van der Waals surface area contributed by atoms with Gasteiger partial charge >= 0.3 is 0 Å². The number of aryl methyl sites for hydroxylation is 1. The number of nitrogens with one attached hydrogen (secondary N) is 1. The summed E-state index contributed by atoms with van der Waals surface area (Å²) in [6, 6.07) is 7.52. The van der Waals surface area contributed by atoms with Crippen LogP contribution in [0.1, 0.15) is 55.1 Å². The van der Waals surface area contributed by atoms with E-state index in [9.17, 15) is 18.3 Å². The van der Waals surface area contributed by atoms with Crippen LogP contribution in [0.2, 0.25) is 0 Å². The second-order valence-electron chi connectivity index (χ2n) is 8.81. The molecule has 31 heavy (non-hydrogen) atoms. The molecule has 2 heterocycles. The second kappa shape index (κ2) is 8.63. The van der Waals surface area contributed by atoms with Crippen LogP contribution in [0.5, 0.6) is 0 Å². The number of nitrogens with zero attached hydrogens (tertiary/aromatic N) is 2. The normalized spacial score (nSPS) is 26.7. The Hall–Kier alpha value is -2.39. The van der Waals surface area contributed by atoms with E-state index in [0.717, 1.165) is 32.1 Å². The molecule has 1 aromatic heterocycles. The Bertz CT molecular complexity index is 1050. The summed E-state index contributed by atoms with van der Waals surface area (Å²) in [5.41, 5.74) is 0.324.